The number of pyridine rings is 1. The monoisotopic (exact) mass is 695 g/mol. The first-order valence-corrected chi connectivity index (χ1v) is 18.3. The zero-order valence-corrected chi connectivity index (χ0v) is 31.2. The molecule has 3 fully saturated rings. The number of anilines is 1. The first-order chi connectivity index (χ1) is 24.6. The molecule has 51 heavy (non-hydrogen) atoms. The minimum Gasteiger partial charge on any atom is -0.494 e. The number of hydrogen-bond donors (Lipinski definition) is 5. The fourth-order valence-corrected chi connectivity index (χ4v) is 5.69. The van der Waals surface area contributed by atoms with Gasteiger partial charge in [-0.1, -0.05) is 75.3 Å². The lowest BCUT2D eigenvalue weighted by Crippen LogP contribution is -2.46. The van der Waals surface area contributed by atoms with E-state index in [1.54, 1.807) is 7.11 Å². The normalized spacial score (nSPS) is 17.6. The van der Waals surface area contributed by atoms with E-state index in [0.29, 0.717) is 23.3 Å². The predicted molar refractivity (Wildman–Crippen MR) is 207 cm³/mol. The lowest BCUT2D eigenvalue weighted by molar-refractivity contribution is -0.121. The minimum atomic E-state index is -0.491. The van der Waals surface area contributed by atoms with Crippen molar-refractivity contribution in [1.29, 1.82) is 0 Å². The lowest BCUT2D eigenvalue weighted by atomic mass is 9.91. The zero-order chi connectivity index (χ0) is 36.9. The van der Waals surface area contributed by atoms with Crippen LogP contribution >= 0.6 is 0 Å². The fourth-order valence-electron chi connectivity index (χ4n) is 5.69. The number of hydrogen-bond acceptors (Lipinski definition) is 8. The summed E-state index contributed by atoms with van der Waals surface area (Å²) < 4.78 is 5.94. The Morgan fingerprint density at radius 3 is 2.33 bits per heavy atom. The maximum absolute atomic E-state index is 12.5. The van der Waals surface area contributed by atoms with Gasteiger partial charge in [0.1, 0.15) is 17.3 Å². The molecule has 1 aromatic heterocycles. The van der Waals surface area contributed by atoms with E-state index >= 15 is 0 Å². The van der Waals surface area contributed by atoms with E-state index in [4.69, 9.17) is 21.2 Å². The van der Waals surface area contributed by atoms with Crippen LogP contribution in [0.4, 0.5) is 5.69 Å². The number of carbonyl (C=O) groups is 2. The number of rotatable bonds is 15. The molecular weight excluding hydrogens is 638 g/mol. The first-order valence-electron chi connectivity index (χ1n) is 18.3. The van der Waals surface area contributed by atoms with Gasteiger partial charge in [-0.3, -0.25) is 19.5 Å². The van der Waals surface area contributed by atoms with E-state index in [0.717, 1.165) is 55.7 Å². The number of likely N-dealkylation sites (N-methyl/N-ethyl adjacent to an activating group) is 1. The summed E-state index contributed by atoms with van der Waals surface area (Å²) in [5, 5.41) is 8.48. The number of likely N-dealkylation sites (tertiary alicyclic amines) is 1. The fraction of sp³-hybridized carbons (Fsp3) is 0.439. The molecule has 2 saturated carbocycles. The van der Waals surface area contributed by atoms with Crippen LogP contribution in [0.25, 0.3) is 5.57 Å². The molecule has 0 spiro atoms. The highest BCUT2D eigenvalue weighted by atomic mass is 16.5. The molecule has 3 aliphatic rings. The van der Waals surface area contributed by atoms with Crippen LogP contribution in [-0.2, 0) is 16.1 Å². The summed E-state index contributed by atoms with van der Waals surface area (Å²) in [6, 6.07) is 12.2. The number of benzene rings is 1. The van der Waals surface area contributed by atoms with Crippen LogP contribution in [0.2, 0.25) is 0 Å². The second kappa shape index (κ2) is 19.0. The Labute approximate surface area is 304 Å². The summed E-state index contributed by atoms with van der Waals surface area (Å²) >= 11 is 0. The highest BCUT2D eigenvalue weighted by Gasteiger charge is 2.30. The van der Waals surface area contributed by atoms with Crippen molar-refractivity contribution >= 4 is 23.1 Å². The van der Waals surface area contributed by atoms with Crippen molar-refractivity contribution < 1.29 is 14.3 Å². The molecule has 10 heteroatoms. The average Bonchev–Trinajstić information content (AvgIpc) is 4.03. The lowest BCUT2D eigenvalue weighted by Gasteiger charge is -2.39. The van der Waals surface area contributed by atoms with Crippen LogP contribution in [0.15, 0.2) is 89.6 Å². The Morgan fingerprint density at radius 2 is 1.71 bits per heavy atom. The molecular formula is C41H57N7O3. The molecule has 7 N–H and O–H groups in total. The Morgan fingerprint density at radius 1 is 1.00 bits per heavy atom. The number of ether oxygens (including phenoxy) is 1. The predicted octanol–water partition coefficient (Wildman–Crippen LogP) is 6.47. The van der Waals surface area contributed by atoms with Gasteiger partial charge in [0.15, 0.2) is 0 Å². The van der Waals surface area contributed by atoms with Gasteiger partial charge in [-0.15, -0.1) is 0 Å². The van der Waals surface area contributed by atoms with Crippen molar-refractivity contribution in [3.8, 4) is 5.75 Å². The quantitative estimate of drug-likeness (QED) is 0.105. The van der Waals surface area contributed by atoms with Crippen molar-refractivity contribution in [2.24, 2.45) is 23.3 Å². The number of methoxy groups -OCH3 is 1. The van der Waals surface area contributed by atoms with Gasteiger partial charge in [-0.2, -0.15) is 0 Å². The third kappa shape index (κ3) is 11.3. The average molecular weight is 696 g/mol. The number of para-hydroxylation sites is 1. The minimum absolute atomic E-state index is 0.0283. The van der Waals surface area contributed by atoms with Gasteiger partial charge in [-0.25, -0.2) is 0 Å². The topological polar surface area (TPSA) is 148 Å². The Bertz CT molecular complexity index is 1680. The van der Waals surface area contributed by atoms with E-state index < -0.39 is 5.91 Å². The van der Waals surface area contributed by atoms with E-state index in [-0.39, 0.29) is 29.0 Å². The number of aromatic nitrogens is 1. The van der Waals surface area contributed by atoms with E-state index in [9.17, 15) is 9.59 Å². The van der Waals surface area contributed by atoms with Gasteiger partial charge in [0.05, 0.1) is 24.2 Å². The van der Waals surface area contributed by atoms with Crippen LogP contribution in [-0.4, -0.2) is 48.9 Å². The largest absolute Gasteiger partial charge is 0.494 e. The molecule has 2 aliphatic carbocycles. The van der Waals surface area contributed by atoms with E-state index in [2.05, 4.69) is 91.0 Å². The van der Waals surface area contributed by atoms with Crippen molar-refractivity contribution in [2.45, 2.75) is 78.7 Å². The van der Waals surface area contributed by atoms with Gasteiger partial charge >= 0.3 is 0 Å². The SMILES string of the molecule is CC/C=C/C(=C\C=C(/C)C1CN(Cc2cccc(C3CC3)n2)C1)c1cccc(NC(/C=C(\N)NC(=O)C2CC2)=C(/N)C(=O)NC)c1OC.CCC. The van der Waals surface area contributed by atoms with Crippen molar-refractivity contribution in [1.82, 2.24) is 20.5 Å². The maximum atomic E-state index is 12.5. The van der Waals surface area contributed by atoms with Crippen LogP contribution in [0.1, 0.15) is 89.1 Å². The summed E-state index contributed by atoms with van der Waals surface area (Å²) in [5.41, 5.74) is 18.7. The summed E-state index contributed by atoms with van der Waals surface area (Å²) in [6.07, 6.45) is 16.3. The van der Waals surface area contributed by atoms with Gasteiger partial charge in [-0.05, 0) is 62.8 Å². The number of nitrogens with two attached hydrogens (primary N) is 2. The van der Waals surface area contributed by atoms with E-state index in [1.807, 2.05) is 18.2 Å². The Hall–Kier alpha value is -4.83. The zero-order valence-electron chi connectivity index (χ0n) is 31.2. The van der Waals surface area contributed by atoms with Crippen molar-refractivity contribution in [3.63, 3.8) is 0 Å². The van der Waals surface area contributed by atoms with Gasteiger partial charge in [0, 0.05) is 61.8 Å². The first kappa shape index (κ1) is 39.0. The van der Waals surface area contributed by atoms with E-state index in [1.165, 1.54) is 43.7 Å². The third-order valence-electron chi connectivity index (χ3n) is 8.95. The molecule has 2 heterocycles. The highest BCUT2D eigenvalue weighted by Crippen LogP contribution is 2.39. The maximum Gasteiger partial charge on any atom is 0.269 e. The molecule has 5 rings (SSSR count). The van der Waals surface area contributed by atoms with Gasteiger partial charge in [0.2, 0.25) is 5.91 Å². The summed E-state index contributed by atoms with van der Waals surface area (Å²) in [4.78, 5) is 32.2. The van der Waals surface area contributed by atoms with Crippen LogP contribution < -0.4 is 32.2 Å². The molecule has 0 bridgehead atoms. The molecule has 274 valence electrons. The Balaban J connectivity index is 0.00000188. The summed E-state index contributed by atoms with van der Waals surface area (Å²) in [6.45, 7) is 11.4. The van der Waals surface area contributed by atoms with Crippen LogP contribution in [0.3, 0.4) is 0 Å². The molecule has 2 aromatic rings. The molecule has 1 aromatic carbocycles. The smallest absolute Gasteiger partial charge is 0.269 e. The molecule has 0 atom stereocenters. The number of allylic oxidation sites excluding steroid dienone is 6. The molecule has 10 nitrogen and oxygen atoms in total. The van der Waals surface area contributed by atoms with Crippen molar-refractivity contribution in [2.75, 3.05) is 32.6 Å². The molecule has 2 amide bonds. The third-order valence-corrected chi connectivity index (χ3v) is 8.95. The standard InChI is InChI=1S/C38H49N7O3.C3H8/c1-5-6-9-25(15-14-24(2)28-21-45(22-28)23-29-10-7-12-31(42-29)26-16-17-26)30-11-8-13-32(36(30)48-4)43-33(35(40)38(47)41-3)20-34(39)44-37(46)27-18-19-27;1-3-2/h6-15,20,26-28,43H,5,16-19,21-23,39-40H2,1-4H3,(H,41,47)(H,44,46);3H2,1-2H3/b9-6+,24-14+,25-15+,34-20+,35-33+;. The number of carbonyl (C=O) groups excluding carboxylic acids is 2. The number of nitrogens with zero attached hydrogens (tertiary/aromatic N) is 2. The number of amides is 2. The Kier molecular flexibility index (Phi) is 14.5. The van der Waals surface area contributed by atoms with Crippen LogP contribution in [0.5, 0.6) is 5.75 Å². The van der Waals surface area contributed by atoms with Gasteiger partial charge in [0.25, 0.3) is 5.91 Å². The van der Waals surface area contributed by atoms with Gasteiger partial charge < -0.3 is 32.2 Å². The second-order valence-corrected chi connectivity index (χ2v) is 13.6. The molecule has 1 saturated heterocycles. The van der Waals surface area contributed by atoms with Crippen molar-refractivity contribution in [3.05, 3.63) is 107 Å². The van der Waals surface area contributed by atoms with Crippen LogP contribution in [0, 0.1) is 11.8 Å². The molecule has 0 radical (unpaired) electrons. The second-order valence-electron chi connectivity index (χ2n) is 13.6. The summed E-state index contributed by atoms with van der Waals surface area (Å²) in [5.74, 6) is 1.14. The number of nitrogens with one attached hydrogen (secondary N) is 3. The molecule has 0 unspecified atom stereocenters. The highest BCUT2D eigenvalue weighted by molar-refractivity contribution is 5.94. The molecule has 1 aliphatic heterocycles. The summed E-state index contributed by atoms with van der Waals surface area (Å²) in [7, 11) is 3.10.